The third kappa shape index (κ3) is 4.20. The van der Waals surface area contributed by atoms with E-state index in [1.807, 2.05) is 12.2 Å². The number of nitrogens with one attached hydrogen (secondary N) is 1. The fourth-order valence-corrected chi connectivity index (χ4v) is 0.511. The topological polar surface area (TPSA) is 29.1 Å². The molecule has 0 heterocycles. The Morgan fingerprint density at radius 2 is 2.00 bits per heavy atom. The molecule has 1 unspecified atom stereocenters. The van der Waals surface area contributed by atoms with Gasteiger partial charge in [0.15, 0.2) is 0 Å². The van der Waals surface area contributed by atoms with Crippen LogP contribution in [-0.4, -0.2) is 18.6 Å². The monoisotopic (exact) mass is 183 g/mol. The van der Waals surface area contributed by atoms with Gasteiger partial charge in [-0.2, -0.15) is 13.2 Å². The Balaban J connectivity index is 3.73. The number of hydrogen-bond acceptors (Lipinski definition) is 1. The van der Waals surface area contributed by atoms with Crippen molar-refractivity contribution in [3.63, 3.8) is 0 Å². The molecule has 0 radical (unpaired) electrons. The van der Waals surface area contributed by atoms with Crippen molar-refractivity contribution >= 4 is 5.91 Å². The Bertz CT molecular complexity index is 155. The highest BCUT2D eigenvalue weighted by Crippen LogP contribution is 2.14. The predicted molar refractivity (Wildman–Crippen MR) is 38.5 cm³/mol. The average molecular weight is 183 g/mol. The van der Waals surface area contributed by atoms with Gasteiger partial charge < -0.3 is 5.32 Å². The van der Waals surface area contributed by atoms with E-state index in [1.165, 1.54) is 0 Å². The lowest BCUT2D eigenvalue weighted by Gasteiger charge is -2.11. The zero-order chi connectivity index (χ0) is 9.78. The molecule has 0 aliphatic rings. The molecule has 1 amide bonds. The summed E-state index contributed by atoms with van der Waals surface area (Å²) in [5.41, 5.74) is 0. The fraction of sp³-hybridized carbons (Fsp3) is 0.857. The highest BCUT2D eigenvalue weighted by atomic mass is 19.4. The summed E-state index contributed by atoms with van der Waals surface area (Å²) in [4.78, 5) is 10.2. The molecular weight excluding hydrogens is 171 g/mol. The van der Waals surface area contributed by atoms with Crippen LogP contribution < -0.4 is 5.32 Å². The van der Waals surface area contributed by atoms with Crippen LogP contribution in [0.4, 0.5) is 13.2 Å². The molecule has 0 aliphatic carbocycles. The number of amides is 1. The second-order valence-corrected chi connectivity index (χ2v) is 2.72. The van der Waals surface area contributed by atoms with E-state index in [0.29, 0.717) is 0 Å². The first-order valence-electron chi connectivity index (χ1n) is 3.73. The van der Waals surface area contributed by atoms with E-state index < -0.39 is 12.1 Å². The van der Waals surface area contributed by atoms with Crippen LogP contribution in [-0.2, 0) is 4.79 Å². The third-order valence-electron chi connectivity index (χ3n) is 1.57. The normalized spacial score (nSPS) is 14.1. The number of alkyl halides is 3. The number of hydrogen-bond donors (Lipinski definition) is 1. The van der Waals surface area contributed by atoms with E-state index >= 15 is 0 Å². The van der Waals surface area contributed by atoms with Gasteiger partial charge in [0.1, 0.15) is 0 Å². The quantitative estimate of drug-likeness (QED) is 0.709. The highest BCUT2D eigenvalue weighted by molar-refractivity contribution is 5.81. The van der Waals surface area contributed by atoms with Crippen LogP contribution in [0, 0.1) is 5.92 Å². The second kappa shape index (κ2) is 4.33. The summed E-state index contributed by atoms with van der Waals surface area (Å²) in [6.45, 7) is 3.70. The Morgan fingerprint density at radius 1 is 1.50 bits per heavy atom. The third-order valence-corrected chi connectivity index (χ3v) is 1.57. The van der Waals surface area contributed by atoms with E-state index in [2.05, 4.69) is 0 Å². The standard InChI is InChI=1S/C7H12F3NO/c1-3-5(2)4-11-6(12)7(8,9)10/h5H,3-4H2,1-2H3,(H,11,12). The van der Waals surface area contributed by atoms with Gasteiger partial charge in [-0.25, -0.2) is 0 Å². The van der Waals surface area contributed by atoms with Crippen LogP contribution in [0.25, 0.3) is 0 Å². The molecule has 0 aromatic heterocycles. The van der Waals surface area contributed by atoms with Crippen molar-refractivity contribution in [3.05, 3.63) is 0 Å². The van der Waals surface area contributed by atoms with E-state index in [1.54, 1.807) is 6.92 Å². The van der Waals surface area contributed by atoms with E-state index in [-0.39, 0.29) is 12.5 Å². The molecule has 1 N–H and O–H groups in total. The van der Waals surface area contributed by atoms with Gasteiger partial charge in [0, 0.05) is 6.54 Å². The Kier molecular flexibility index (Phi) is 4.06. The minimum absolute atomic E-state index is 0.0782. The van der Waals surface area contributed by atoms with Gasteiger partial charge in [-0.3, -0.25) is 4.79 Å². The van der Waals surface area contributed by atoms with Crippen molar-refractivity contribution in [2.24, 2.45) is 5.92 Å². The Labute approximate surface area is 69.1 Å². The average Bonchev–Trinajstić information content (AvgIpc) is 1.97. The van der Waals surface area contributed by atoms with Crippen LogP contribution in [0.2, 0.25) is 0 Å². The minimum atomic E-state index is -4.76. The SMILES string of the molecule is CCC(C)CNC(=O)C(F)(F)F. The van der Waals surface area contributed by atoms with Crippen LogP contribution in [0.1, 0.15) is 20.3 Å². The van der Waals surface area contributed by atoms with Crippen molar-refractivity contribution in [2.75, 3.05) is 6.54 Å². The van der Waals surface area contributed by atoms with E-state index in [0.717, 1.165) is 6.42 Å². The Hall–Kier alpha value is -0.740. The summed E-state index contributed by atoms with van der Waals surface area (Å²) in [6.07, 6.45) is -4.01. The first kappa shape index (κ1) is 11.3. The number of carbonyl (C=O) groups is 1. The molecule has 0 spiro atoms. The summed E-state index contributed by atoms with van der Waals surface area (Å²) < 4.78 is 34.8. The molecule has 0 saturated heterocycles. The summed E-state index contributed by atoms with van der Waals surface area (Å²) >= 11 is 0. The molecule has 0 rings (SSSR count). The van der Waals surface area contributed by atoms with Gasteiger partial charge in [-0.1, -0.05) is 20.3 Å². The minimum Gasteiger partial charge on any atom is -0.348 e. The van der Waals surface area contributed by atoms with Crippen molar-refractivity contribution in [2.45, 2.75) is 26.4 Å². The molecule has 0 aliphatic heterocycles. The summed E-state index contributed by atoms with van der Waals surface area (Å²) in [5, 5.41) is 1.81. The van der Waals surface area contributed by atoms with Gasteiger partial charge in [-0.05, 0) is 5.92 Å². The van der Waals surface area contributed by atoms with Crippen molar-refractivity contribution < 1.29 is 18.0 Å². The number of halogens is 3. The summed E-state index contributed by atoms with van der Waals surface area (Å²) in [6, 6.07) is 0. The molecule has 0 saturated carbocycles. The molecular formula is C7H12F3NO. The Morgan fingerprint density at radius 3 is 2.33 bits per heavy atom. The highest BCUT2D eigenvalue weighted by Gasteiger charge is 2.38. The first-order chi connectivity index (χ1) is 5.38. The largest absolute Gasteiger partial charge is 0.471 e. The summed E-state index contributed by atoms with van der Waals surface area (Å²) in [7, 11) is 0. The zero-order valence-electron chi connectivity index (χ0n) is 7.03. The van der Waals surface area contributed by atoms with Crippen LogP contribution in [0.3, 0.4) is 0 Å². The predicted octanol–water partition coefficient (Wildman–Crippen LogP) is 1.71. The maximum Gasteiger partial charge on any atom is 0.471 e. The molecule has 12 heavy (non-hydrogen) atoms. The lowest BCUT2D eigenvalue weighted by molar-refractivity contribution is -0.173. The second-order valence-electron chi connectivity index (χ2n) is 2.72. The molecule has 5 heteroatoms. The smallest absolute Gasteiger partial charge is 0.348 e. The van der Waals surface area contributed by atoms with E-state index in [4.69, 9.17) is 0 Å². The molecule has 0 bridgehead atoms. The van der Waals surface area contributed by atoms with Crippen molar-refractivity contribution in [1.29, 1.82) is 0 Å². The van der Waals surface area contributed by atoms with Crippen molar-refractivity contribution in [3.8, 4) is 0 Å². The number of carbonyl (C=O) groups excluding carboxylic acids is 1. The van der Waals surface area contributed by atoms with Crippen LogP contribution >= 0.6 is 0 Å². The maximum absolute atomic E-state index is 11.6. The van der Waals surface area contributed by atoms with E-state index in [9.17, 15) is 18.0 Å². The first-order valence-corrected chi connectivity index (χ1v) is 3.73. The van der Waals surface area contributed by atoms with Gasteiger partial charge in [0.25, 0.3) is 0 Å². The number of rotatable bonds is 3. The van der Waals surface area contributed by atoms with Gasteiger partial charge in [0.2, 0.25) is 0 Å². The molecule has 72 valence electrons. The van der Waals surface area contributed by atoms with Gasteiger partial charge in [-0.15, -0.1) is 0 Å². The zero-order valence-corrected chi connectivity index (χ0v) is 7.03. The summed E-state index contributed by atoms with van der Waals surface area (Å²) in [5.74, 6) is -1.78. The molecule has 0 aromatic carbocycles. The fourth-order valence-electron chi connectivity index (χ4n) is 0.511. The van der Waals surface area contributed by atoms with Gasteiger partial charge in [0.05, 0.1) is 0 Å². The molecule has 0 aromatic rings. The molecule has 2 nitrogen and oxygen atoms in total. The van der Waals surface area contributed by atoms with Gasteiger partial charge >= 0.3 is 12.1 Å². The lowest BCUT2D eigenvalue weighted by atomic mass is 10.1. The van der Waals surface area contributed by atoms with Crippen molar-refractivity contribution in [1.82, 2.24) is 5.32 Å². The molecule has 0 fully saturated rings. The lowest BCUT2D eigenvalue weighted by Crippen LogP contribution is -2.38. The van der Waals surface area contributed by atoms with Crippen LogP contribution in [0.15, 0.2) is 0 Å². The maximum atomic E-state index is 11.6. The molecule has 1 atom stereocenters. The van der Waals surface area contributed by atoms with Crippen LogP contribution in [0.5, 0.6) is 0 Å².